The Labute approximate surface area is 173 Å². The van der Waals surface area contributed by atoms with Crippen molar-refractivity contribution < 1.29 is 27.8 Å². The van der Waals surface area contributed by atoms with Crippen molar-refractivity contribution in [3.05, 3.63) is 65.7 Å². The molecule has 4 rings (SSSR count). The van der Waals surface area contributed by atoms with Crippen molar-refractivity contribution in [2.24, 2.45) is 5.92 Å². The Hall–Kier alpha value is -2.96. The normalized spacial score (nSPS) is 22.8. The number of halogens is 2. The van der Waals surface area contributed by atoms with E-state index < -0.39 is 6.61 Å². The number of ether oxygens (including phenoxy) is 2. The summed E-state index contributed by atoms with van der Waals surface area (Å²) in [5.41, 5.74) is 1.08. The quantitative estimate of drug-likeness (QED) is 0.620. The minimum atomic E-state index is -2.99. The van der Waals surface area contributed by atoms with Crippen LogP contribution in [0.4, 0.5) is 13.6 Å². The number of ketones is 1. The number of para-hydroxylation sites is 1. The monoisotopic (exact) mass is 415 g/mol. The summed E-state index contributed by atoms with van der Waals surface area (Å²) in [4.78, 5) is 27.5. The van der Waals surface area contributed by atoms with E-state index in [1.165, 1.54) is 12.1 Å². The SMILES string of the molecule is O=C(c1ccccc1OC(F)F)C1CC2CCC(C1)N2C(=O)OCc1ccccc1. The van der Waals surface area contributed by atoms with E-state index >= 15 is 0 Å². The summed E-state index contributed by atoms with van der Waals surface area (Å²) in [5.74, 6) is -0.641. The number of carbonyl (C=O) groups excluding carboxylic acids is 2. The van der Waals surface area contributed by atoms with Crippen LogP contribution in [0.15, 0.2) is 54.6 Å². The van der Waals surface area contributed by atoms with Gasteiger partial charge in [0.25, 0.3) is 0 Å². The van der Waals surface area contributed by atoms with Gasteiger partial charge in [0.1, 0.15) is 12.4 Å². The molecule has 2 aromatic rings. The van der Waals surface area contributed by atoms with Gasteiger partial charge in [-0.1, -0.05) is 42.5 Å². The van der Waals surface area contributed by atoms with E-state index in [0.29, 0.717) is 12.8 Å². The highest BCUT2D eigenvalue weighted by molar-refractivity contribution is 6.00. The fourth-order valence-corrected chi connectivity index (χ4v) is 4.57. The molecular weight excluding hydrogens is 392 g/mol. The third kappa shape index (κ3) is 4.30. The number of fused-ring (bicyclic) bond motifs is 2. The van der Waals surface area contributed by atoms with E-state index in [9.17, 15) is 18.4 Å². The summed E-state index contributed by atoms with van der Waals surface area (Å²) >= 11 is 0. The van der Waals surface area contributed by atoms with E-state index in [-0.39, 0.29) is 47.8 Å². The summed E-state index contributed by atoms with van der Waals surface area (Å²) in [6.07, 6.45) is 2.25. The first-order chi connectivity index (χ1) is 14.5. The number of benzene rings is 2. The number of carbonyl (C=O) groups is 2. The molecule has 2 saturated heterocycles. The second-order valence-electron chi connectivity index (χ2n) is 7.74. The molecule has 2 heterocycles. The Morgan fingerprint density at radius 3 is 2.27 bits per heavy atom. The lowest BCUT2D eigenvalue weighted by Crippen LogP contribution is -2.48. The van der Waals surface area contributed by atoms with Crippen LogP contribution in [0.1, 0.15) is 41.6 Å². The van der Waals surface area contributed by atoms with Gasteiger partial charge in [-0.25, -0.2) is 4.79 Å². The Kier molecular flexibility index (Phi) is 5.97. The number of hydrogen-bond acceptors (Lipinski definition) is 4. The Balaban J connectivity index is 1.41. The molecule has 0 aliphatic carbocycles. The van der Waals surface area contributed by atoms with Gasteiger partial charge >= 0.3 is 12.7 Å². The Morgan fingerprint density at radius 2 is 1.60 bits per heavy atom. The molecule has 2 atom stereocenters. The molecule has 2 aliphatic heterocycles. The Bertz CT molecular complexity index is 891. The summed E-state index contributed by atoms with van der Waals surface area (Å²) in [6.45, 7) is -2.78. The molecule has 5 nitrogen and oxygen atoms in total. The molecule has 158 valence electrons. The van der Waals surface area contributed by atoms with Gasteiger partial charge in [-0.05, 0) is 43.4 Å². The van der Waals surface area contributed by atoms with E-state index in [2.05, 4.69) is 4.74 Å². The van der Waals surface area contributed by atoms with Crippen LogP contribution >= 0.6 is 0 Å². The van der Waals surface area contributed by atoms with Crippen LogP contribution in [0.5, 0.6) is 5.75 Å². The van der Waals surface area contributed by atoms with E-state index in [1.54, 1.807) is 17.0 Å². The smallest absolute Gasteiger partial charge is 0.410 e. The van der Waals surface area contributed by atoms with Gasteiger partial charge in [0.2, 0.25) is 0 Å². The number of hydrogen-bond donors (Lipinski definition) is 0. The van der Waals surface area contributed by atoms with Crippen molar-refractivity contribution in [2.75, 3.05) is 0 Å². The first-order valence-corrected chi connectivity index (χ1v) is 10.1. The molecular formula is C23H23F2NO4. The van der Waals surface area contributed by atoms with Crippen LogP contribution in [0.2, 0.25) is 0 Å². The largest absolute Gasteiger partial charge is 0.445 e. The van der Waals surface area contributed by atoms with Crippen LogP contribution in [0, 0.1) is 5.92 Å². The molecule has 0 aromatic heterocycles. The minimum Gasteiger partial charge on any atom is -0.445 e. The summed E-state index contributed by atoms with van der Waals surface area (Å²) < 4.78 is 35.4. The second kappa shape index (κ2) is 8.81. The van der Waals surface area contributed by atoms with Crippen molar-refractivity contribution in [3.8, 4) is 5.75 Å². The first kappa shape index (κ1) is 20.3. The number of alkyl halides is 2. The fourth-order valence-electron chi connectivity index (χ4n) is 4.57. The van der Waals surface area contributed by atoms with Gasteiger partial charge in [0.15, 0.2) is 5.78 Å². The summed E-state index contributed by atoms with van der Waals surface area (Å²) in [7, 11) is 0. The van der Waals surface area contributed by atoms with Gasteiger partial charge in [-0.15, -0.1) is 0 Å². The minimum absolute atomic E-state index is 0.0795. The van der Waals surface area contributed by atoms with Crippen LogP contribution < -0.4 is 4.74 Å². The standard InChI is InChI=1S/C23H23F2NO4/c24-22(25)30-20-9-5-4-8-19(20)21(27)16-12-17-10-11-18(13-16)26(17)23(28)29-14-15-6-2-1-3-7-15/h1-9,16-18,22H,10-14H2. The highest BCUT2D eigenvalue weighted by atomic mass is 19.3. The number of rotatable bonds is 6. The molecule has 2 aromatic carbocycles. The van der Waals surface area contributed by atoms with Crippen LogP contribution in [0.3, 0.4) is 0 Å². The van der Waals surface area contributed by atoms with Crippen LogP contribution in [-0.2, 0) is 11.3 Å². The van der Waals surface area contributed by atoms with Crippen molar-refractivity contribution in [3.63, 3.8) is 0 Å². The van der Waals surface area contributed by atoms with E-state index in [4.69, 9.17) is 4.74 Å². The van der Waals surface area contributed by atoms with Crippen LogP contribution in [0.25, 0.3) is 0 Å². The summed E-state index contributed by atoms with van der Waals surface area (Å²) in [6, 6.07) is 15.4. The topological polar surface area (TPSA) is 55.8 Å². The molecule has 7 heteroatoms. The maximum absolute atomic E-state index is 13.0. The fraction of sp³-hybridized carbons (Fsp3) is 0.391. The van der Waals surface area contributed by atoms with E-state index in [1.807, 2.05) is 30.3 Å². The highest BCUT2D eigenvalue weighted by Crippen LogP contribution is 2.41. The molecule has 2 unspecified atom stereocenters. The number of amides is 1. The average molecular weight is 415 g/mol. The van der Waals surface area contributed by atoms with Crippen LogP contribution in [-0.4, -0.2) is 35.5 Å². The number of nitrogens with zero attached hydrogens (tertiary/aromatic N) is 1. The maximum atomic E-state index is 13.0. The Morgan fingerprint density at radius 1 is 0.967 bits per heavy atom. The maximum Gasteiger partial charge on any atom is 0.410 e. The zero-order chi connectivity index (χ0) is 21.1. The molecule has 0 spiro atoms. The molecule has 0 saturated carbocycles. The van der Waals surface area contributed by atoms with Gasteiger partial charge in [-0.2, -0.15) is 8.78 Å². The van der Waals surface area contributed by atoms with Gasteiger partial charge in [0, 0.05) is 18.0 Å². The van der Waals surface area contributed by atoms with Gasteiger partial charge < -0.3 is 14.4 Å². The molecule has 0 radical (unpaired) electrons. The predicted octanol–water partition coefficient (Wildman–Crippen LogP) is 5.05. The zero-order valence-corrected chi connectivity index (χ0v) is 16.4. The second-order valence-corrected chi connectivity index (χ2v) is 7.74. The van der Waals surface area contributed by atoms with E-state index in [0.717, 1.165) is 18.4 Å². The lowest BCUT2D eigenvalue weighted by atomic mass is 9.84. The molecule has 1 amide bonds. The van der Waals surface area contributed by atoms with Crippen molar-refractivity contribution in [2.45, 2.75) is 51.0 Å². The highest BCUT2D eigenvalue weighted by Gasteiger charge is 2.46. The van der Waals surface area contributed by atoms with Gasteiger partial charge in [0.05, 0.1) is 5.56 Å². The third-order valence-corrected chi connectivity index (χ3v) is 5.89. The summed E-state index contributed by atoms with van der Waals surface area (Å²) in [5, 5.41) is 0. The molecule has 0 N–H and O–H groups in total. The first-order valence-electron chi connectivity index (χ1n) is 10.1. The molecule has 2 bridgehead atoms. The number of piperidine rings is 1. The predicted molar refractivity (Wildman–Crippen MR) is 105 cm³/mol. The molecule has 2 fully saturated rings. The molecule has 30 heavy (non-hydrogen) atoms. The van der Waals surface area contributed by atoms with Crippen molar-refractivity contribution in [1.82, 2.24) is 4.90 Å². The zero-order valence-electron chi connectivity index (χ0n) is 16.4. The van der Waals surface area contributed by atoms with Crippen molar-refractivity contribution in [1.29, 1.82) is 0 Å². The van der Waals surface area contributed by atoms with Gasteiger partial charge in [-0.3, -0.25) is 4.79 Å². The lowest BCUT2D eigenvalue weighted by molar-refractivity contribution is -0.0502. The number of Topliss-reactive ketones (excluding diaryl/α,β-unsaturated/α-hetero) is 1. The lowest BCUT2D eigenvalue weighted by Gasteiger charge is -2.37. The van der Waals surface area contributed by atoms with Crippen molar-refractivity contribution >= 4 is 11.9 Å². The molecule has 2 aliphatic rings. The third-order valence-electron chi connectivity index (χ3n) is 5.89. The average Bonchev–Trinajstić information content (AvgIpc) is 3.01.